The van der Waals surface area contributed by atoms with Crippen LogP contribution in [0, 0.1) is 0 Å². The summed E-state index contributed by atoms with van der Waals surface area (Å²) in [6.07, 6.45) is 11.3. The van der Waals surface area contributed by atoms with E-state index in [1.807, 2.05) is 6.34 Å². The summed E-state index contributed by atoms with van der Waals surface area (Å²) >= 11 is 0. The molecule has 0 saturated carbocycles. The zero-order chi connectivity index (χ0) is 18.6. The van der Waals surface area contributed by atoms with Gasteiger partial charge < -0.3 is 4.55 Å². The summed E-state index contributed by atoms with van der Waals surface area (Å²) in [4.78, 5) is 4.72. The zero-order valence-corrected chi connectivity index (χ0v) is 15.6. The predicted molar refractivity (Wildman–Crippen MR) is 102 cm³/mol. The first kappa shape index (κ1) is 18.5. The third-order valence-corrected chi connectivity index (χ3v) is 5.32. The van der Waals surface area contributed by atoms with E-state index in [1.54, 1.807) is 0 Å². The summed E-state index contributed by atoms with van der Waals surface area (Å²) in [6, 6.07) is 10.9. The molecule has 1 aromatic heterocycles. The Hall–Kier alpha value is -2.25. The van der Waals surface area contributed by atoms with Crippen molar-refractivity contribution in [2.45, 2.75) is 38.6 Å². The molecule has 6 nitrogen and oxygen atoms in total. The Morgan fingerprint density at radius 2 is 2.04 bits per heavy atom. The van der Waals surface area contributed by atoms with Gasteiger partial charge in [-0.15, -0.1) is 5.43 Å². The lowest BCUT2D eigenvalue weighted by Gasteiger charge is -2.21. The minimum Gasteiger partial charge on any atom is -0.748 e. The van der Waals surface area contributed by atoms with Gasteiger partial charge in [-0.25, -0.2) is 8.42 Å². The van der Waals surface area contributed by atoms with Crippen molar-refractivity contribution in [2.24, 2.45) is 4.99 Å². The molecule has 0 radical (unpaired) electrons. The number of hydrogen-bond acceptors (Lipinski definition) is 5. The first-order valence-corrected chi connectivity index (χ1v) is 10.4. The Balaban J connectivity index is 0.000000286. The molecule has 2 aliphatic rings. The van der Waals surface area contributed by atoms with Crippen molar-refractivity contribution in [3.63, 3.8) is 0 Å². The number of hydrogen-bond donors (Lipinski definition) is 1. The second-order valence-corrected chi connectivity index (χ2v) is 8.03. The standard InChI is InChI=1S/C17H18N3.C2H6O3S/c1-2-7-14(8-3-1)16-17-15-9-5-4-6-13(15)10-11-20(17)19-12-18-16;1-2-6(3,4)5/h4-7,9-12,16H,1-3,8H2,(H,18,19);2H2,1H3,(H,3,4,5)/q+1;/p-1. The maximum atomic E-state index is 9.44. The van der Waals surface area contributed by atoms with Crippen LogP contribution >= 0.6 is 0 Å². The number of nitrogens with one attached hydrogen (secondary N) is 1. The van der Waals surface area contributed by atoms with Crippen molar-refractivity contribution in [3.05, 3.63) is 53.9 Å². The molecule has 2 aromatic rings. The SMILES string of the molecule is C1=NC(C2=CCCCC2)c2c3ccccc3cc[n+]2N1.CCS(=O)(=O)[O-]. The number of allylic oxidation sites excluding steroid dienone is 1. The number of nitrogens with zero attached hydrogens (tertiary/aromatic N) is 2. The molecule has 0 amide bonds. The Labute approximate surface area is 154 Å². The predicted octanol–water partition coefficient (Wildman–Crippen LogP) is 2.81. The van der Waals surface area contributed by atoms with Gasteiger partial charge in [-0.1, -0.05) is 35.9 Å². The monoisotopic (exact) mass is 373 g/mol. The van der Waals surface area contributed by atoms with Crippen molar-refractivity contribution in [1.82, 2.24) is 0 Å². The smallest absolute Gasteiger partial charge is 0.248 e. The minimum atomic E-state index is -3.91. The van der Waals surface area contributed by atoms with Crippen LogP contribution in [-0.4, -0.2) is 25.1 Å². The van der Waals surface area contributed by atoms with E-state index in [0.717, 1.165) is 0 Å². The number of fused-ring (bicyclic) bond motifs is 3. The molecule has 2 heterocycles. The molecule has 1 atom stereocenters. The lowest BCUT2D eigenvalue weighted by molar-refractivity contribution is -0.648. The van der Waals surface area contributed by atoms with Crippen molar-refractivity contribution >= 4 is 27.2 Å². The van der Waals surface area contributed by atoms with Crippen molar-refractivity contribution in [2.75, 3.05) is 11.2 Å². The van der Waals surface area contributed by atoms with Gasteiger partial charge in [0.25, 0.3) is 0 Å². The van der Waals surface area contributed by atoms with E-state index < -0.39 is 10.1 Å². The second kappa shape index (κ2) is 7.97. The van der Waals surface area contributed by atoms with Crippen molar-refractivity contribution < 1.29 is 17.6 Å². The molecular weight excluding hydrogens is 350 g/mol. The highest BCUT2D eigenvalue weighted by atomic mass is 32.2. The number of pyridine rings is 1. The number of aromatic nitrogens is 1. The number of benzene rings is 1. The van der Waals surface area contributed by atoms with E-state index in [-0.39, 0.29) is 11.8 Å². The highest BCUT2D eigenvalue weighted by molar-refractivity contribution is 7.85. The van der Waals surface area contributed by atoms with E-state index in [0.29, 0.717) is 0 Å². The average Bonchev–Trinajstić information content (AvgIpc) is 2.68. The third kappa shape index (κ3) is 4.28. The topological polar surface area (TPSA) is 85.5 Å². The van der Waals surface area contributed by atoms with Crippen molar-refractivity contribution in [3.8, 4) is 0 Å². The van der Waals surface area contributed by atoms with Crippen LogP contribution in [0.5, 0.6) is 0 Å². The maximum absolute atomic E-state index is 9.44. The molecule has 138 valence electrons. The fourth-order valence-electron chi connectivity index (χ4n) is 3.26. The van der Waals surface area contributed by atoms with E-state index in [9.17, 15) is 13.0 Å². The van der Waals surface area contributed by atoms with Gasteiger partial charge >= 0.3 is 0 Å². The van der Waals surface area contributed by atoms with Gasteiger partial charge in [0, 0.05) is 11.8 Å². The van der Waals surface area contributed by atoms with E-state index in [2.05, 4.69) is 52.7 Å². The summed E-state index contributed by atoms with van der Waals surface area (Å²) in [7, 11) is -3.91. The number of aliphatic imine (C=N–C) groups is 1. The Kier molecular flexibility index (Phi) is 5.68. The van der Waals surface area contributed by atoms with E-state index in [4.69, 9.17) is 4.99 Å². The molecule has 0 saturated heterocycles. The van der Waals surface area contributed by atoms with Gasteiger partial charge in [0.2, 0.25) is 11.9 Å². The lowest BCUT2D eigenvalue weighted by Crippen LogP contribution is -2.51. The van der Waals surface area contributed by atoms with E-state index >= 15 is 0 Å². The Bertz CT molecular complexity index is 952. The summed E-state index contributed by atoms with van der Waals surface area (Å²) in [5, 5.41) is 2.56. The lowest BCUT2D eigenvalue weighted by atomic mass is 9.90. The van der Waals surface area contributed by atoms with Crippen LogP contribution in [0.25, 0.3) is 10.8 Å². The van der Waals surface area contributed by atoms with Crippen LogP contribution in [0.15, 0.2) is 53.2 Å². The first-order valence-electron chi connectivity index (χ1n) is 8.83. The molecule has 1 aliphatic heterocycles. The first-order chi connectivity index (χ1) is 12.5. The number of rotatable bonds is 2. The molecule has 1 aliphatic carbocycles. The van der Waals surface area contributed by atoms with Crippen LogP contribution < -0.4 is 10.1 Å². The molecule has 4 rings (SSSR count). The van der Waals surface area contributed by atoms with Crippen molar-refractivity contribution in [1.29, 1.82) is 0 Å². The van der Waals surface area contributed by atoms with Crippen LogP contribution in [0.1, 0.15) is 44.3 Å². The third-order valence-electron chi connectivity index (χ3n) is 4.61. The zero-order valence-electron chi connectivity index (χ0n) is 14.8. The minimum absolute atomic E-state index is 0.169. The van der Waals surface area contributed by atoms with Crippen LogP contribution in [0.3, 0.4) is 0 Å². The normalized spacial score (nSPS) is 19.0. The molecule has 0 spiro atoms. The van der Waals surface area contributed by atoms with Crippen LogP contribution in [-0.2, 0) is 10.1 Å². The second-order valence-electron chi connectivity index (χ2n) is 6.34. The maximum Gasteiger partial charge on any atom is 0.248 e. The largest absolute Gasteiger partial charge is 0.748 e. The van der Waals surface area contributed by atoms with Crippen LogP contribution in [0.4, 0.5) is 0 Å². The van der Waals surface area contributed by atoms with Gasteiger partial charge in [0.15, 0.2) is 6.04 Å². The van der Waals surface area contributed by atoms with Gasteiger partial charge in [-0.05, 0) is 42.7 Å². The van der Waals surface area contributed by atoms with Gasteiger partial charge in [0.1, 0.15) is 6.34 Å². The molecule has 0 fully saturated rings. The molecule has 0 bridgehead atoms. The summed E-state index contributed by atoms with van der Waals surface area (Å²) in [5.74, 6) is -0.312. The van der Waals surface area contributed by atoms with Gasteiger partial charge in [-0.2, -0.15) is 0 Å². The summed E-state index contributed by atoms with van der Waals surface area (Å²) in [6.45, 7) is 1.31. The average molecular weight is 373 g/mol. The fraction of sp³-hybridized carbons (Fsp3) is 0.368. The Morgan fingerprint density at radius 3 is 2.73 bits per heavy atom. The van der Waals surface area contributed by atoms with E-state index in [1.165, 1.54) is 54.6 Å². The quantitative estimate of drug-likeness (QED) is 0.498. The molecular formula is C19H23N3O3S. The van der Waals surface area contributed by atoms with Gasteiger partial charge in [0.05, 0.1) is 15.5 Å². The molecule has 1 unspecified atom stereocenters. The molecule has 26 heavy (non-hydrogen) atoms. The highest BCUT2D eigenvalue weighted by Crippen LogP contribution is 2.34. The summed E-state index contributed by atoms with van der Waals surface area (Å²) < 4.78 is 30.4. The molecule has 1 N–H and O–H groups in total. The molecule has 7 heteroatoms. The van der Waals surface area contributed by atoms with Crippen LogP contribution in [0.2, 0.25) is 0 Å². The van der Waals surface area contributed by atoms with Gasteiger partial charge in [-0.3, -0.25) is 4.99 Å². The highest BCUT2D eigenvalue weighted by Gasteiger charge is 2.30. The summed E-state index contributed by atoms with van der Waals surface area (Å²) in [5.41, 5.74) is 5.96. The molecule has 1 aromatic carbocycles. The Morgan fingerprint density at radius 1 is 1.27 bits per heavy atom. The fourth-order valence-corrected chi connectivity index (χ4v) is 3.26.